The highest BCUT2D eigenvalue weighted by Crippen LogP contribution is 2.44. The van der Waals surface area contributed by atoms with Gasteiger partial charge in [0.1, 0.15) is 18.7 Å². The largest absolute Gasteiger partial charge is 0.480 e. The Balaban J connectivity index is 1.42. The number of rotatable bonds is 8. The molecule has 0 saturated heterocycles. The standard InChI is InChI=1S/C26H30N2O5/c1-15(2)22(25(30)31)27-24(29)23(16-8-7-9-16)28-26(32)33-14-21-19-12-5-3-10-17(19)18-11-4-6-13-20(18)21/h3-6,10-13,15-16,21-23H,7-9,14H2,1-2H3,(H,27,29)(H,28,32)(H,30,31). The minimum atomic E-state index is -1.09. The van der Waals surface area contributed by atoms with Crippen molar-refractivity contribution in [3.63, 3.8) is 0 Å². The van der Waals surface area contributed by atoms with E-state index in [1.165, 1.54) is 0 Å². The van der Waals surface area contributed by atoms with E-state index >= 15 is 0 Å². The Morgan fingerprint density at radius 1 is 0.970 bits per heavy atom. The number of carboxylic acid groups (broad SMARTS) is 1. The summed E-state index contributed by atoms with van der Waals surface area (Å²) in [7, 11) is 0. The van der Waals surface area contributed by atoms with Crippen LogP contribution in [-0.2, 0) is 14.3 Å². The van der Waals surface area contributed by atoms with Crippen LogP contribution in [0.25, 0.3) is 11.1 Å². The van der Waals surface area contributed by atoms with Crippen LogP contribution in [0.3, 0.4) is 0 Å². The fourth-order valence-electron chi connectivity index (χ4n) is 4.69. The van der Waals surface area contributed by atoms with Gasteiger partial charge in [-0.2, -0.15) is 0 Å². The van der Waals surface area contributed by atoms with Gasteiger partial charge in [0, 0.05) is 5.92 Å². The van der Waals surface area contributed by atoms with Gasteiger partial charge < -0.3 is 20.5 Å². The fraction of sp³-hybridized carbons (Fsp3) is 0.423. The van der Waals surface area contributed by atoms with Crippen LogP contribution in [-0.4, -0.2) is 41.8 Å². The first-order valence-electron chi connectivity index (χ1n) is 11.5. The first-order chi connectivity index (χ1) is 15.9. The highest BCUT2D eigenvalue weighted by molar-refractivity contribution is 5.89. The van der Waals surface area contributed by atoms with Gasteiger partial charge in [-0.1, -0.05) is 68.8 Å². The summed E-state index contributed by atoms with van der Waals surface area (Å²) in [5, 5.41) is 14.7. The SMILES string of the molecule is CC(C)C(NC(=O)C(NC(=O)OCC1c2ccccc2-c2ccccc21)C1CCC1)C(=O)O. The average molecular weight is 451 g/mol. The molecule has 2 atom stereocenters. The van der Waals surface area contributed by atoms with Crippen LogP contribution in [0.1, 0.15) is 50.2 Å². The number of carboxylic acids is 1. The maximum absolute atomic E-state index is 12.9. The van der Waals surface area contributed by atoms with E-state index in [1.54, 1.807) is 13.8 Å². The molecule has 2 aliphatic rings. The van der Waals surface area contributed by atoms with Crippen molar-refractivity contribution in [2.24, 2.45) is 11.8 Å². The molecule has 4 rings (SSSR count). The van der Waals surface area contributed by atoms with Crippen LogP contribution in [0.2, 0.25) is 0 Å². The molecule has 174 valence electrons. The second kappa shape index (κ2) is 9.65. The van der Waals surface area contributed by atoms with Crippen LogP contribution < -0.4 is 10.6 Å². The molecule has 0 aromatic heterocycles. The van der Waals surface area contributed by atoms with Crippen LogP contribution in [0.5, 0.6) is 0 Å². The number of carbonyl (C=O) groups excluding carboxylic acids is 2. The number of hydrogen-bond donors (Lipinski definition) is 3. The molecule has 33 heavy (non-hydrogen) atoms. The van der Waals surface area contributed by atoms with Crippen molar-refractivity contribution in [2.75, 3.05) is 6.61 Å². The third-order valence-corrected chi connectivity index (χ3v) is 6.75. The minimum Gasteiger partial charge on any atom is -0.480 e. The molecular weight excluding hydrogens is 420 g/mol. The van der Waals surface area contributed by atoms with E-state index in [2.05, 4.69) is 22.8 Å². The van der Waals surface area contributed by atoms with E-state index in [0.717, 1.165) is 41.5 Å². The molecule has 0 spiro atoms. The molecule has 2 aliphatic carbocycles. The molecule has 2 amide bonds. The van der Waals surface area contributed by atoms with Crippen LogP contribution in [0.15, 0.2) is 48.5 Å². The molecule has 2 aromatic rings. The minimum absolute atomic E-state index is 0.0212. The second-order valence-electron chi connectivity index (χ2n) is 9.21. The number of carbonyl (C=O) groups is 3. The zero-order chi connectivity index (χ0) is 23.5. The van der Waals surface area contributed by atoms with Crippen molar-refractivity contribution in [3.8, 4) is 11.1 Å². The molecule has 0 bridgehead atoms. The van der Waals surface area contributed by atoms with Crippen molar-refractivity contribution in [2.45, 2.75) is 51.1 Å². The maximum atomic E-state index is 12.9. The zero-order valence-electron chi connectivity index (χ0n) is 18.9. The number of alkyl carbamates (subject to hydrolysis) is 1. The molecule has 0 heterocycles. The summed E-state index contributed by atoms with van der Waals surface area (Å²) in [5.74, 6) is -1.94. The monoisotopic (exact) mass is 450 g/mol. The summed E-state index contributed by atoms with van der Waals surface area (Å²) < 4.78 is 5.59. The van der Waals surface area contributed by atoms with Gasteiger partial charge in [0.2, 0.25) is 5.91 Å². The summed E-state index contributed by atoms with van der Waals surface area (Å²) in [5.41, 5.74) is 4.51. The van der Waals surface area contributed by atoms with Gasteiger partial charge >= 0.3 is 12.1 Å². The quantitative estimate of drug-likeness (QED) is 0.565. The Labute approximate surface area is 193 Å². The summed E-state index contributed by atoms with van der Waals surface area (Å²) in [6.45, 7) is 3.62. The van der Waals surface area contributed by atoms with E-state index in [1.807, 2.05) is 36.4 Å². The molecule has 1 saturated carbocycles. The summed E-state index contributed by atoms with van der Waals surface area (Å²) in [6.07, 6.45) is 1.93. The third kappa shape index (κ3) is 4.72. The number of amides is 2. The molecule has 2 unspecified atom stereocenters. The Morgan fingerprint density at radius 3 is 2.03 bits per heavy atom. The Hall–Kier alpha value is -3.35. The predicted molar refractivity (Wildman–Crippen MR) is 124 cm³/mol. The van der Waals surface area contributed by atoms with E-state index in [-0.39, 0.29) is 24.4 Å². The molecule has 0 aliphatic heterocycles. The van der Waals surface area contributed by atoms with E-state index in [4.69, 9.17) is 4.74 Å². The van der Waals surface area contributed by atoms with Crippen LogP contribution >= 0.6 is 0 Å². The average Bonchev–Trinajstić information content (AvgIpc) is 3.07. The van der Waals surface area contributed by atoms with Crippen molar-refractivity contribution < 1.29 is 24.2 Å². The molecular formula is C26H30N2O5. The Kier molecular flexibility index (Phi) is 6.67. The maximum Gasteiger partial charge on any atom is 0.407 e. The topological polar surface area (TPSA) is 105 Å². The first kappa shape index (κ1) is 22.8. The lowest BCUT2D eigenvalue weighted by Crippen LogP contribution is -2.56. The van der Waals surface area contributed by atoms with Crippen molar-refractivity contribution >= 4 is 18.0 Å². The number of hydrogen-bond acceptors (Lipinski definition) is 4. The molecule has 7 nitrogen and oxygen atoms in total. The Bertz CT molecular complexity index is 1000. The summed E-state index contributed by atoms with van der Waals surface area (Å²) in [6, 6.07) is 14.3. The highest BCUT2D eigenvalue weighted by Gasteiger charge is 2.37. The lowest BCUT2D eigenvalue weighted by atomic mass is 9.79. The molecule has 3 N–H and O–H groups in total. The van der Waals surface area contributed by atoms with Crippen LogP contribution in [0.4, 0.5) is 4.79 Å². The summed E-state index contributed by atoms with van der Waals surface area (Å²) in [4.78, 5) is 37.1. The second-order valence-corrected chi connectivity index (χ2v) is 9.21. The van der Waals surface area contributed by atoms with Gasteiger partial charge in [0.15, 0.2) is 0 Å². The zero-order valence-corrected chi connectivity index (χ0v) is 18.9. The van der Waals surface area contributed by atoms with Gasteiger partial charge in [-0.15, -0.1) is 0 Å². The molecule has 0 radical (unpaired) electrons. The van der Waals surface area contributed by atoms with Gasteiger partial charge in [0.05, 0.1) is 0 Å². The third-order valence-electron chi connectivity index (χ3n) is 6.75. The van der Waals surface area contributed by atoms with Gasteiger partial charge in [-0.25, -0.2) is 9.59 Å². The number of ether oxygens (including phenoxy) is 1. The van der Waals surface area contributed by atoms with Crippen molar-refractivity contribution in [1.29, 1.82) is 0 Å². The van der Waals surface area contributed by atoms with Gasteiger partial charge in [-0.3, -0.25) is 4.79 Å². The van der Waals surface area contributed by atoms with Crippen molar-refractivity contribution in [1.82, 2.24) is 10.6 Å². The normalized spacial score (nSPS) is 16.8. The van der Waals surface area contributed by atoms with E-state index < -0.39 is 30.1 Å². The number of aliphatic carboxylic acids is 1. The van der Waals surface area contributed by atoms with Gasteiger partial charge in [0.25, 0.3) is 0 Å². The molecule has 2 aromatic carbocycles. The number of nitrogens with one attached hydrogen (secondary N) is 2. The Morgan fingerprint density at radius 2 is 1.55 bits per heavy atom. The smallest absolute Gasteiger partial charge is 0.407 e. The summed E-state index contributed by atoms with van der Waals surface area (Å²) >= 11 is 0. The molecule has 7 heteroatoms. The predicted octanol–water partition coefficient (Wildman–Crippen LogP) is 3.92. The van der Waals surface area contributed by atoms with Crippen LogP contribution in [0, 0.1) is 11.8 Å². The van der Waals surface area contributed by atoms with Crippen molar-refractivity contribution in [3.05, 3.63) is 59.7 Å². The first-order valence-corrected chi connectivity index (χ1v) is 11.5. The fourth-order valence-corrected chi connectivity index (χ4v) is 4.69. The van der Waals surface area contributed by atoms with Gasteiger partial charge in [-0.05, 0) is 46.9 Å². The van der Waals surface area contributed by atoms with E-state index in [9.17, 15) is 19.5 Å². The lowest BCUT2D eigenvalue weighted by Gasteiger charge is -2.34. The van der Waals surface area contributed by atoms with E-state index in [0.29, 0.717) is 0 Å². The number of benzene rings is 2. The highest BCUT2D eigenvalue weighted by atomic mass is 16.5. The lowest BCUT2D eigenvalue weighted by molar-refractivity contribution is -0.143. The number of fused-ring (bicyclic) bond motifs is 3. The molecule has 1 fully saturated rings.